The topological polar surface area (TPSA) is 37.3 Å². The summed E-state index contributed by atoms with van der Waals surface area (Å²) in [5, 5.41) is 0. The first-order valence-corrected chi connectivity index (χ1v) is 5.61. The summed E-state index contributed by atoms with van der Waals surface area (Å²) in [6, 6.07) is 0. The van der Waals surface area contributed by atoms with Crippen molar-refractivity contribution in [3.05, 3.63) is 11.9 Å². The van der Waals surface area contributed by atoms with Crippen LogP contribution < -0.4 is 0 Å². The molecule has 1 N–H and O–H groups in total. The van der Waals surface area contributed by atoms with Gasteiger partial charge in [-0.15, -0.1) is 0 Å². The van der Waals surface area contributed by atoms with Gasteiger partial charge in [0, 0.05) is 0 Å². The summed E-state index contributed by atoms with van der Waals surface area (Å²) in [6.07, 6.45) is -2.87. The van der Waals surface area contributed by atoms with Crippen LogP contribution in [-0.2, 0) is 11.1 Å². The molecular formula is C9H13F5O2S. The van der Waals surface area contributed by atoms with E-state index in [0.29, 0.717) is 27.7 Å². The van der Waals surface area contributed by atoms with E-state index in [1.165, 1.54) is 0 Å². The second kappa shape index (κ2) is 4.64. The van der Waals surface area contributed by atoms with Gasteiger partial charge in [0.15, 0.2) is 16.9 Å². The van der Waals surface area contributed by atoms with Gasteiger partial charge in [-0.05, 0) is 27.7 Å². The van der Waals surface area contributed by atoms with Crippen molar-refractivity contribution >= 4 is 11.1 Å². The van der Waals surface area contributed by atoms with Crippen LogP contribution in [0.4, 0.5) is 22.0 Å². The Morgan fingerprint density at radius 1 is 1.06 bits per heavy atom. The molecule has 0 heterocycles. The van der Waals surface area contributed by atoms with E-state index in [0.717, 1.165) is 0 Å². The van der Waals surface area contributed by atoms with Gasteiger partial charge in [-0.2, -0.15) is 8.78 Å². The molecule has 0 aliphatic rings. The van der Waals surface area contributed by atoms with E-state index in [-0.39, 0.29) is 0 Å². The summed E-state index contributed by atoms with van der Waals surface area (Å²) >= 11 is -3.01. The summed E-state index contributed by atoms with van der Waals surface area (Å²) in [5.41, 5.74) is -2.88. The Bertz CT molecular complexity index is 358. The van der Waals surface area contributed by atoms with Crippen molar-refractivity contribution in [3.8, 4) is 0 Å². The quantitative estimate of drug-likeness (QED) is 0.629. The van der Waals surface area contributed by atoms with Crippen LogP contribution in [0.25, 0.3) is 0 Å². The number of allylic oxidation sites excluding steroid dienone is 1. The molecule has 0 radical (unpaired) electrons. The van der Waals surface area contributed by atoms with Crippen LogP contribution in [0.1, 0.15) is 27.7 Å². The molecule has 1 unspecified atom stereocenters. The minimum Gasteiger partial charge on any atom is -0.306 e. The van der Waals surface area contributed by atoms with Crippen LogP contribution in [0.5, 0.6) is 0 Å². The molecule has 2 nitrogen and oxygen atoms in total. The molecule has 0 aliphatic heterocycles. The Labute approximate surface area is 98.2 Å². The fourth-order valence-electron chi connectivity index (χ4n) is 1.24. The molecule has 0 aromatic rings. The highest BCUT2D eigenvalue weighted by Gasteiger charge is 2.63. The molecule has 0 aliphatic carbocycles. The average molecular weight is 280 g/mol. The summed E-state index contributed by atoms with van der Waals surface area (Å²) in [5.74, 6) is -6.44. The standard InChI is InChI=1S/C9H13F5O2S/c1-7(2,5(10)6(11)12)9(13,14)8(3,4)17(15)16/h1-4H3,(H,15,16). The first-order valence-electron chi connectivity index (χ1n) is 4.50. The third-order valence-corrected chi connectivity index (χ3v) is 3.82. The van der Waals surface area contributed by atoms with Crippen molar-refractivity contribution < 1.29 is 30.7 Å². The smallest absolute Gasteiger partial charge is 0.302 e. The summed E-state index contributed by atoms with van der Waals surface area (Å²) in [4.78, 5) is 0. The highest BCUT2D eigenvalue weighted by molar-refractivity contribution is 7.80. The van der Waals surface area contributed by atoms with Gasteiger partial charge < -0.3 is 4.55 Å². The molecule has 1 atom stereocenters. The lowest BCUT2D eigenvalue weighted by Gasteiger charge is -2.40. The van der Waals surface area contributed by atoms with Gasteiger partial charge in [-0.25, -0.2) is 17.4 Å². The highest BCUT2D eigenvalue weighted by Crippen LogP contribution is 2.51. The summed E-state index contributed by atoms with van der Waals surface area (Å²) < 4.78 is 82.0. The second-order valence-corrected chi connectivity index (χ2v) is 6.05. The Morgan fingerprint density at radius 3 is 1.65 bits per heavy atom. The van der Waals surface area contributed by atoms with Gasteiger partial charge in [-0.1, -0.05) is 0 Å². The number of halogens is 5. The predicted molar refractivity (Wildman–Crippen MR) is 53.9 cm³/mol. The van der Waals surface area contributed by atoms with Crippen LogP contribution in [0, 0.1) is 5.41 Å². The molecule has 8 heteroatoms. The molecule has 0 bridgehead atoms. The zero-order valence-electron chi connectivity index (χ0n) is 9.65. The minimum absolute atomic E-state index is 0.552. The fourth-order valence-corrected chi connectivity index (χ4v) is 1.71. The van der Waals surface area contributed by atoms with Gasteiger partial charge in [0.1, 0.15) is 4.75 Å². The summed E-state index contributed by atoms with van der Waals surface area (Å²) in [6.45, 7) is 2.51. The predicted octanol–water partition coefficient (Wildman–Crippen LogP) is 3.73. The first-order chi connectivity index (χ1) is 7.30. The highest BCUT2D eigenvalue weighted by atomic mass is 32.2. The SMILES string of the molecule is CC(C)(C(F)=C(F)F)C(F)(F)C(C)(C)S(=O)O. The fraction of sp³-hybridized carbons (Fsp3) is 0.778. The van der Waals surface area contributed by atoms with E-state index in [1.54, 1.807) is 0 Å². The maximum Gasteiger partial charge on any atom is 0.302 e. The molecular weight excluding hydrogens is 267 g/mol. The minimum atomic E-state index is -4.15. The van der Waals surface area contributed by atoms with Crippen LogP contribution in [0.2, 0.25) is 0 Å². The van der Waals surface area contributed by atoms with Crippen molar-refractivity contribution in [1.82, 2.24) is 0 Å². The zero-order valence-corrected chi connectivity index (χ0v) is 10.5. The summed E-state index contributed by atoms with van der Waals surface area (Å²) in [7, 11) is 0. The maximum atomic E-state index is 13.9. The van der Waals surface area contributed by atoms with E-state index in [1.807, 2.05) is 0 Å². The third-order valence-electron chi connectivity index (χ3n) is 2.69. The van der Waals surface area contributed by atoms with Crippen molar-refractivity contribution in [2.75, 3.05) is 0 Å². The van der Waals surface area contributed by atoms with E-state index >= 15 is 0 Å². The normalized spacial score (nSPS) is 15.6. The molecule has 0 rings (SSSR count). The maximum absolute atomic E-state index is 13.9. The van der Waals surface area contributed by atoms with E-state index in [9.17, 15) is 26.2 Å². The Balaban J connectivity index is 5.78. The molecule has 0 aromatic heterocycles. The Hall–Kier alpha value is -0.500. The average Bonchev–Trinajstić information content (AvgIpc) is 2.15. The lowest BCUT2D eigenvalue weighted by molar-refractivity contribution is -0.122. The van der Waals surface area contributed by atoms with Crippen molar-refractivity contribution in [3.63, 3.8) is 0 Å². The lowest BCUT2D eigenvalue weighted by Crippen LogP contribution is -2.55. The van der Waals surface area contributed by atoms with E-state index < -0.39 is 39.1 Å². The molecule has 102 valence electrons. The number of hydrogen-bond donors (Lipinski definition) is 1. The van der Waals surface area contributed by atoms with E-state index in [2.05, 4.69) is 0 Å². The molecule has 0 fully saturated rings. The van der Waals surface area contributed by atoms with Gasteiger partial charge in [0.05, 0.1) is 5.41 Å². The first kappa shape index (κ1) is 16.5. The van der Waals surface area contributed by atoms with E-state index in [4.69, 9.17) is 4.55 Å². The van der Waals surface area contributed by atoms with Crippen LogP contribution >= 0.6 is 0 Å². The van der Waals surface area contributed by atoms with Crippen molar-refractivity contribution in [2.24, 2.45) is 5.41 Å². The molecule has 0 saturated carbocycles. The number of hydrogen-bond acceptors (Lipinski definition) is 1. The lowest BCUT2D eigenvalue weighted by atomic mass is 9.78. The molecule has 17 heavy (non-hydrogen) atoms. The second-order valence-electron chi connectivity index (χ2n) is 4.53. The largest absolute Gasteiger partial charge is 0.306 e. The van der Waals surface area contributed by atoms with Gasteiger partial charge in [0.2, 0.25) is 0 Å². The molecule has 0 spiro atoms. The van der Waals surface area contributed by atoms with Crippen LogP contribution in [0.15, 0.2) is 11.9 Å². The van der Waals surface area contributed by atoms with Gasteiger partial charge in [-0.3, -0.25) is 0 Å². The van der Waals surface area contributed by atoms with Crippen LogP contribution in [-0.4, -0.2) is 19.4 Å². The van der Waals surface area contributed by atoms with Crippen LogP contribution in [0.3, 0.4) is 0 Å². The third kappa shape index (κ3) is 2.52. The number of alkyl halides is 2. The Morgan fingerprint density at radius 2 is 1.41 bits per heavy atom. The van der Waals surface area contributed by atoms with Gasteiger partial charge in [0.25, 0.3) is 5.92 Å². The van der Waals surface area contributed by atoms with Gasteiger partial charge >= 0.3 is 6.08 Å². The number of rotatable bonds is 4. The zero-order chi connectivity index (χ0) is 14.2. The van der Waals surface area contributed by atoms with Crippen molar-refractivity contribution in [1.29, 1.82) is 0 Å². The monoisotopic (exact) mass is 280 g/mol. The molecule has 0 saturated heterocycles. The molecule has 0 amide bonds. The Kier molecular flexibility index (Phi) is 4.50. The van der Waals surface area contributed by atoms with Crippen molar-refractivity contribution in [2.45, 2.75) is 38.4 Å². The molecule has 0 aromatic carbocycles.